The van der Waals surface area contributed by atoms with E-state index >= 15 is 0 Å². The van der Waals surface area contributed by atoms with Crippen molar-refractivity contribution < 1.29 is 9.50 Å². The average Bonchev–Trinajstić information content (AvgIpc) is 2.16. The van der Waals surface area contributed by atoms with Crippen LogP contribution < -0.4 is 5.73 Å². The molecule has 0 aliphatic carbocycles. The van der Waals surface area contributed by atoms with Crippen molar-refractivity contribution in [2.45, 2.75) is 6.61 Å². The molecule has 0 amide bonds. The number of hydrogen-bond donors (Lipinski definition) is 2. The number of hydrogen-bond acceptors (Lipinski definition) is 2. The fourth-order valence-electron chi connectivity index (χ4n) is 1.02. The SMILES string of the molecule is NC/C=C/c1ccc(F)c(CO)c1. The molecule has 0 fully saturated rings. The van der Waals surface area contributed by atoms with Gasteiger partial charge in [-0.15, -0.1) is 0 Å². The Balaban J connectivity index is 2.92. The summed E-state index contributed by atoms with van der Waals surface area (Å²) in [5, 5.41) is 8.78. The van der Waals surface area contributed by atoms with Crippen molar-refractivity contribution in [3.8, 4) is 0 Å². The lowest BCUT2D eigenvalue weighted by Crippen LogP contribution is -1.93. The lowest BCUT2D eigenvalue weighted by molar-refractivity contribution is 0.275. The molecule has 1 aromatic rings. The van der Waals surface area contributed by atoms with E-state index in [1.807, 2.05) is 0 Å². The maximum atomic E-state index is 12.9. The Labute approximate surface area is 76.5 Å². The van der Waals surface area contributed by atoms with Crippen LogP contribution in [0.25, 0.3) is 6.08 Å². The van der Waals surface area contributed by atoms with Gasteiger partial charge >= 0.3 is 0 Å². The van der Waals surface area contributed by atoms with Gasteiger partial charge in [0.1, 0.15) is 5.82 Å². The molecule has 0 spiro atoms. The second-order valence-electron chi connectivity index (χ2n) is 2.65. The molecule has 3 heteroatoms. The summed E-state index contributed by atoms with van der Waals surface area (Å²) in [6.45, 7) is 0.169. The fourth-order valence-corrected chi connectivity index (χ4v) is 1.02. The highest BCUT2D eigenvalue weighted by molar-refractivity contribution is 5.50. The van der Waals surface area contributed by atoms with Crippen molar-refractivity contribution >= 4 is 6.08 Å². The number of aliphatic hydroxyl groups is 1. The monoisotopic (exact) mass is 181 g/mol. The third-order valence-electron chi connectivity index (χ3n) is 1.69. The van der Waals surface area contributed by atoms with Gasteiger partial charge in [-0.3, -0.25) is 0 Å². The van der Waals surface area contributed by atoms with Crippen LogP contribution in [-0.4, -0.2) is 11.7 Å². The molecule has 0 saturated carbocycles. The predicted octanol–water partition coefficient (Wildman–Crippen LogP) is 1.29. The van der Waals surface area contributed by atoms with Crippen molar-refractivity contribution in [2.24, 2.45) is 5.73 Å². The van der Waals surface area contributed by atoms with Crippen LogP contribution in [0.15, 0.2) is 24.3 Å². The average molecular weight is 181 g/mol. The van der Waals surface area contributed by atoms with Gasteiger partial charge in [0, 0.05) is 12.1 Å². The third kappa shape index (κ3) is 2.65. The van der Waals surface area contributed by atoms with Crippen LogP contribution in [0.2, 0.25) is 0 Å². The van der Waals surface area contributed by atoms with Crippen LogP contribution >= 0.6 is 0 Å². The van der Waals surface area contributed by atoms with Gasteiger partial charge in [-0.1, -0.05) is 18.2 Å². The number of aliphatic hydroxyl groups excluding tert-OH is 1. The van der Waals surface area contributed by atoms with E-state index < -0.39 is 0 Å². The lowest BCUT2D eigenvalue weighted by atomic mass is 10.1. The Morgan fingerprint density at radius 1 is 1.46 bits per heavy atom. The molecule has 0 bridgehead atoms. The van der Waals surface area contributed by atoms with Gasteiger partial charge in [0.15, 0.2) is 0 Å². The molecule has 0 unspecified atom stereocenters. The number of benzene rings is 1. The maximum Gasteiger partial charge on any atom is 0.128 e. The molecule has 0 atom stereocenters. The molecule has 0 aliphatic heterocycles. The Morgan fingerprint density at radius 2 is 2.23 bits per heavy atom. The predicted molar refractivity (Wildman–Crippen MR) is 50.4 cm³/mol. The van der Waals surface area contributed by atoms with Crippen molar-refractivity contribution in [3.63, 3.8) is 0 Å². The van der Waals surface area contributed by atoms with E-state index in [-0.39, 0.29) is 12.4 Å². The van der Waals surface area contributed by atoms with Gasteiger partial charge in [-0.25, -0.2) is 4.39 Å². The van der Waals surface area contributed by atoms with E-state index in [1.165, 1.54) is 6.07 Å². The summed E-state index contributed by atoms with van der Waals surface area (Å²) in [6, 6.07) is 4.57. The second-order valence-corrected chi connectivity index (χ2v) is 2.65. The van der Waals surface area contributed by atoms with Crippen LogP contribution in [-0.2, 0) is 6.61 Å². The molecule has 0 heterocycles. The third-order valence-corrected chi connectivity index (χ3v) is 1.69. The molecule has 2 nitrogen and oxygen atoms in total. The Kier molecular flexibility index (Phi) is 3.61. The highest BCUT2D eigenvalue weighted by Crippen LogP contribution is 2.11. The van der Waals surface area contributed by atoms with Crippen molar-refractivity contribution in [3.05, 3.63) is 41.2 Å². The van der Waals surface area contributed by atoms with E-state index in [2.05, 4.69) is 0 Å². The van der Waals surface area contributed by atoms with Crippen molar-refractivity contribution in [1.29, 1.82) is 0 Å². The minimum atomic E-state index is -0.382. The minimum absolute atomic E-state index is 0.282. The van der Waals surface area contributed by atoms with Gasteiger partial charge in [0.25, 0.3) is 0 Å². The minimum Gasteiger partial charge on any atom is -0.392 e. The summed E-state index contributed by atoms with van der Waals surface area (Å²) in [4.78, 5) is 0. The van der Waals surface area contributed by atoms with Crippen LogP contribution in [0.4, 0.5) is 4.39 Å². The largest absolute Gasteiger partial charge is 0.392 e. The highest BCUT2D eigenvalue weighted by Gasteiger charge is 1.99. The molecule has 3 N–H and O–H groups in total. The Hall–Kier alpha value is -1.19. The maximum absolute atomic E-state index is 12.9. The smallest absolute Gasteiger partial charge is 0.128 e. The summed E-state index contributed by atoms with van der Waals surface area (Å²) >= 11 is 0. The van der Waals surface area contributed by atoms with Gasteiger partial charge in [0.05, 0.1) is 6.61 Å². The molecule has 0 radical (unpaired) electrons. The van der Waals surface area contributed by atoms with Crippen LogP contribution in [0.1, 0.15) is 11.1 Å². The van der Waals surface area contributed by atoms with Crippen molar-refractivity contribution in [1.82, 2.24) is 0 Å². The quantitative estimate of drug-likeness (QED) is 0.738. The molecule has 0 aliphatic rings. The first-order valence-corrected chi connectivity index (χ1v) is 4.04. The fraction of sp³-hybridized carbons (Fsp3) is 0.200. The zero-order valence-electron chi connectivity index (χ0n) is 7.20. The Bertz CT molecular complexity index is 310. The van der Waals surface area contributed by atoms with Gasteiger partial charge < -0.3 is 10.8 Å². The first-order chi connectivity index (χ1) is 6.27. The summed E-state index contributed by atoms with van der Waals surface area (Å²) < 4.78 is 12.9. The molecular weight excluding hydrogens is 169 g/mol. The van der Waals surface area contributed by atoms with E-state index in [0.29, 0.717) is 12.1 Å². The van der Waals surface area contributed by atoms with E-state index in [9.17, 15) is 4.39 Å². The standard InChI is InChI=1S/C10H12FNO/c11-10-4-3-8(2-1-5-12)6-9(10)7-13/h1-4,6,13H,5,7,12H2/b2-1+. The van der Waals surface area contributed by atoms with Crippen LogP contribution in [0.3, 0.4) is 0 Å². The highest BCUT2D eigenvalue weighted by atomic mass is 19.1. The molecular formula is C10H12FNO. The van der Waals surface area contributed by atoms with Gasteiger partial charge in [0.2, 0.25) is 0 Å². The molecule has 1 rings (SSSR count). The first-order valence-electron chi connectivity index (χ1n) is 4.04. The summed E-state index contributed by atoms with van der Waals surface area (Å²) in [5.41, 5.74) is 6.41. The lowest BCUT2D eigenvalue weighted by Gasteiger charge is -2.00. The van der Waals surface area contributed by atoms with Crippen LogP contribution in [0, 0.1) is 5.82 Å². The summed E-state index contributed by atoms with van der Waals surface area (Å²) in [6.07, 6.45) is 3.56. The van der Waals surface area contributed by atoms with Gasteiger partial charge in [-0.2, -0.15) is 0 Å². The van der Waals surface area contributed by atoms with Crippen molar-refractivity contribution in [2.75, 3.05) is 6.54 Å². The van der Waals surface area contributed by atoms with E-state index in [1.54, 1.807) is 24.3 Å². The first kappa shape index (κ1) is 9.89. The molecule has 13 heavy (non-hydrogen) atoms. The van der Waals surface area contributed by atoms with E-state index in [4.69, 9.17) is 10.8 Å². The summed E-state index contributed by atoms with van der Waals surface area (Å²) in [7, 11) is 0. The number of nitrogens with two attached hydrogens (primary N) is 1. The zero-order chi connectivity index (χ0) is 9.68. The normalized spacial score (nSPS) is 11.0. The summed E-state index contributed by atoms with van der Waals surface area (Å²) in [5.74, 6) is -0.382. The molecule has 0 aromatic heterocycles. The number of halogens is 1. The topological polar surface area (TPSA) is 46.2 Å². The van der Waals surface area contributed by atoms with E-state index in [0.717, 1.165) is 5.56 Å². The Morgan fingerprint density at radius 3 is 2.85 bits per heavy atom. The molecule has 70 valence electrons. The molecule has 0 saturated heterocycles. The second kappa shape index (κ2) is 4.74. The van der Waals surface area contributed by atoms with Crippen LogP contribution in [0.5, 0.6) is 0 Å². The van der Waals surface area contributed by atoms with Gasteiger partial charge in [-0.05, 0) is 17.7 Å². The molecule has 1 aromatic carbocycles. The number of rotatable bonds is 3. The zero-order valence-corrected chi connectivity index (χ0v) is 7.20.